The van der Waals surface area contributed by atoms with Gasteiger partial charge in [-0.25, -0.2) is 0 Å². The van der Waals surface area contributed by atoms with Gasteiger partial charge in [0.2, 0.25) is 0 Å². The van der Waals surface area contributed by atoms with Crippen LogP contribution in [0.3, 0.4) is 0 Å². The summed E-state index contributed by atoms with van der Waals surface area (Å²) in [5.41, 5.74) is 0. The van der Waals surface area contributed by atoms with Crippen molar-refractivity contribution in [2.24, 2.45) is 0 Å². The van der Waals surface area contributed by atoms with Crippen molar-refractivity contribution in [1.82, 2.24) is 10.2 Å². The fourth-order valence-electron chi connectivity index (χ4n) is 4.63. The maximum atomic E-state index is 3.53. The van der Waals surface area contributed by atoms with Gasteiger partial charge in [-0.15, -0.1) is 0 Å². The molecule has 0 radical (unpaired) electrons. The normalized spacial score (nSPS) is 40.4. The summed E-state index contributed by atoms with van der Waals surface area (Å²) in [4.78, 5) is 2.97. The van der Waals surface area contributed by atoms with E-state index in [-0.39, 0.29) is 0 Å². The average Bonchev–Trinajstić information content (AvgIpc) is 2.38. The molecule has 0 amide bonds. The third kappa shape index (κ3) is 2.39. The molecule has 1 saturated carbocycles. The molecule has 2 unspecified atom stereocenters. The molecule has 1 N–H and O–H groups in total. The summed E-state index contributed by atoms with van der Waals surface area (Å²) < 4.78 is 0. The van der Waals surface area contributed by atoms with E-state index in [9.17, 15) is 0 Å². The van der Waals surface area contributed by atoms with Crippen molar-refractivity contribution < 1.29 is 0 Å². The Balaban J connectivity index is 1.70. The third-order valence-electron chi connectivity index (χ3n) is 5.44. The highest BCUT2D eigenvalue weighted by Crippen LogP contribution is 2.38. The molecule has 2 heteroatoms. The quantitative estimate of drug-likeness (QED) is 0.793. The topological polar surface area (TPSA) is 15.3 Å². The lowest BCUT2D eigenvalue weighted by Crippen LogP contribution is -2.59. The first-order chi connectivity index (χ1) is 8.38. The van der Waals surface area contributed by atoms with Crippen LogP contribution in [0.5, 0.6) is 0 Å². The molecule has 1 aliphatic carbocycles. The summed E-state index contributed by atoms with van der Waals surface area (Å²) in [7, 11) is 2.15. The Labute approximate surface area is 106 Å². The van der Waals surface area contributed by atoms with Crippen LogP contribution in [-0.2, 0) is 0 Å². The summed E-state index contributed by atoms with van der Waals surface area (Å²) >= 11 is 0. The number of fused-ring (bicyclic) bond motifs is 2. The fourth-order valence-corrected chi connectivity index (χ4v) is 4.63. The van der Waals surface area contributed by atoms with Gasteiger partial charge < -0.3 is 5.32 Å². The number of nitrogens with one attached hydrogen (secondary N) is 1. The molecule has 0 aromatic rings. The minimum atomic E-state index is 0.796. The van der Waals surface area contributed by atoms with Gasteiger partial charge in [0.05, 0.1) is 0 Å². The van der Waals surface area contributed by atoms with E-state index in [0.29, 0.717) is 0 Å². The van der Waals surface area contributed by atoms with Crippen LogP contribution < -0.4 is 5.32 Å². The largest absolute Gasteiger partial charge is 0.317 e. The van der Waals surface area contributed by atoms with Crippen molar-refractivity contribution >= 4 is 0 Å². The molecule has 0 aromatic heterocycles. The first kappa shape index (κ1) is 12.0. The summed E-state index contributed by atoms with van der Waals surface area (Å²) in [6, 6.07) is 3.55. The van der Waals surface area contributed by atoms with Crippen LogP contribution in [0.25, 0.3) is 0 Å². The highest BCUT2D eigenvalue weighted by molar-refractivity contribution is 4.97. The van der Waals surface area contributed by atoms with Gasteiger partial charge in [-0.3, -0.25) is 4.90 Å². The molecule has 17 heavy (non-hydrogen) atoms. The van der Waals surface area contributed by atoms with Gasteiger partial charge in [-0.05, 0) is 45.6 Å². The molecule has 3 fully saturated rings. The monoisotopic (exact) mass is 236 g/mol. The summed E-state index contributed by atoms with van der Waals surface area (Å²) in [6.07, 6.45) is 14.6. The van der Waals surface area contributed by atoms with E-state index in [1.807, 2.05) is 0 Å². The number of rotatable bonds is 2. The van der Waals surface area contributed by atoms with Crippen LogP contribution >= 0.6 is 0 Å². The second-order valence-corrected chi connectivity index (χ2v) is 6.43. The van der Waals surface area contributed by atoms with Gasteiger partial charge in [0, 0.05) is 24.2 Å². The van der Waals surface area contributed by atoms with Crippen LogP contribution in [0.1, 0.15) is 64.2 Å². The second-order valence-electron chi connectivity index (χ2n) is 6.43. The van der Waals surface area contributed by atoms with Crippen LogP contribution in [-0.4, -0.2) is 36.1 Å². The summed E-state index contributed by atoms with van der Waals surface area (Å²) in [5.74, 6) is 0. The van der Waals surface area contributed by atoms with E-state index in [4.69, 9.17) is 0 Å². The van der Waals surface area contributed by atoms with Gasteiger partial charge in [-0.2, -0.15) is 0 Å². The van der Waals surface area contributed by atoms with E-state index >= 15 is 0 Å². The Morgan fingerprint density at radius 3 is 1.94 bits per heavy atom. The number of piperidine rings is 2. The van der Waals surface area contributed by atoms with Crippen LogP contribution in [0, 0.1) is 0 Å². The lowest BCUT2D eigenvalue weighted by molar-refractivity contribution is -0.0210. The SMILES string of the molecule is CNC1CC2CCCC(C1)N2C1CCCCC1. The molecule has 2 aliphatic heterocycles. The number of hydrogen-bond acceptors (Lipinski definition) is 2. The van der Waals surface area contributed by atoms with E-state index < -0.39 is 0 Å². The standard InChI is InChI=1S/C15H28N2/c1-16-12-10-14-8-5-9-15(11-12)17(14)13-6-3-2-4-7-13/h12-16H,2-11H2,1H3. The first-order valence-corrected chi connectivity index (χ1v) is 7.83. The Morgan fingerprint density at radius 2 is 1.35 bits per heavy atom. The Kier molecular flexibility index (Phi) is 3.72. The van der Waals surface area contributed by atoms with Crippen LogP contribution in [0.15, 0.2) is 0 Å². The van der Waals surface area contributed by atoms with Crippen LogP contribution in [0.2, 0.25) is 0 Å². The maximum absolute atomic E-state index is 3.53. The highest BCUT2D eigenvalue weighted by Gasteiger charge is 2.41. The molecule has 3 aliphatic rings. The smallest absolute Gasteiger partial charge is 0.0116 e. The molecule has 0 aromatic carbocycles. The molecule has 3 rings (SSSR count). The summed E-state index contributed by atoms with van der Waals surface area (Å²) in [5, 5.41) is 3.53. The van der Waals surface area contributed by atoms with Crippen molar-refractivity contribution in [3.05, 3.63) is 0 Å². The zero-order valence-electron chi connectivity index (χ0n) is 11.3. The Hall–Kier alpha value is -0.0800. The van der Waals surface area contributed by atoms with Gasteiger partial charge in [0.25, 0.3) is 0 Å². The van der Waals surface area contributed by atoms with Gasteiger partial charge >= 0.3 is 0 Å². The van der Waals surface area contributed by atoms with Gasteiger partial charge in [0.15, 0.2) is 0 Å². The zero-order chi connectivity index (χ0) is 11.7. The van der Waals surface area contributed by atoms with E-state index in [2.05, 4.69) is 17.3 Å². The van der Waals surface area contributed by atoms with Gasteiger partial charge in [-0.1, -0.05) is 25.7 Å². The molecule has 2 bridgehead atoms. The molecule has 2 atom stereocenters. The Bertz CT molecular complexity index is 233. The molecule has 0 spiro atoms. The lowest BCUT2D eigenvalue weighted by atomic mass is 9.78. The highest BCUT2D eigenvalue weighted by atomic mass is 15.2. The Morgan fingerprint density at radius 1 is 0.765 bits per heavy atom. The fraction of sp³-hybridized carbons (Fsp3) is 1.00. The van der Waals surface area contributed by atoms with Crippen molar-refractivity contribution in [2.75, 3.05) is 7.05 Å². The van der Waals surface area contributed by atoms with E-state index in [1.165, 1.54) is 64.2 Å². The number of nitrogens with zero attached hydrogens (tertiary/aromatic N) is 1. The first-order valence-electron chi connectivity index (χ1n) is 7.83. The minimum absolute atomic E-state index is 0.796. The summed E-state index contributed by atoms with van der Waals surface area (Å²) in [6.45, 7) is 0. The van der Waals surface area contributed by atoms with Gasteiger partial charge in [0.1, 0.15) is 0 Å². The second kappa shape index (κ2) is 5.27. The predicted molar refractivity (Wildman–Crippen MR) is 72.2 cm³/mol. The van der Waals surface area contributed by atoms with E-state index in [1.54, 1.807) is 0 Å². The molecular weight excluding hydrogens is 208 g/mol. The molecule has 2 heterocycles. The van der Waals surface area contributed by atoms with E-state index in [0.717, 1.165) is 24.2 Å². The predicted octanol–water partition coefficient (Wildman–Crippen LogP) is 2.92. The molecule has 98 valence electrons. The van der Waals surface area contributed by atoms with Crippen LogP contribution in [0.4, 0.5) is 0 Å². The minimum Gasteiger partial charge on any atom is -0.317 e. The van der Waals surface area contributed by atoms with Crippen molar-refractivity contribution in [3.8, 4) is 0 Å². The maximum Gasteiger partial charge on any atom is 0.0116 e. The molecule has 2 saturated heterocycles. The number of hydrogen-bond donors (Lipinski definition) is 1. The third-order valence-corrected chi connectivity index (χ3v) is 5.44. The lowest BCUT2D eigenvalue weighted by Gasteiger charge is -2.53. The molecular formula is C15H28N2. The van der Waals surface area contributed by atoms with Crippen molar-refractivity contribution in [1.29, 1.82) is 0 Å². The van der Waals surface area contributed by atoms with Crippen molar-refractivity contribution in [2.45, 2.75) is 88.4 Å². The molecule has 2 nitrogen and oxygen atoms in total. The zero-order valence-corrected chi connectivity index (χ0v) is 11.3. The average molecular weight is 236 g/mol. The van der Waals surface area contributed by atoms with Crippen molar-refractivity contribution in [3.63, 3.8) is 0 Å².